The highest BCUT2D eigenvalue weighted by Gasteiger charge is 2.08. The second kappa shape index (κ2) is 8.23. The van der Waals surface area contributed by atoms with Crippen LogP contribution in [0.3, 0.4) is 0 Å². The molecule has 0 fully saturated rings. The first-order valence-corrected chi connectivity index (χ1v) is 7.49. The number of nitriles is 1. The Morgan fingerprint density at radius 1 is 1.13 bits per heavy atom. The van der Waals surface area contributed by atoms with Crippen molar-refractivity contribution in [3.05, 3.63) is 75.9 Å². The summed E-state index contributed by atoms with van der Waals surface area (Å²) in [7, 11) is 0. The largest absolute Gasteiger partial charge is 0.360 e. The van der Waals surface area contributed by atoms with E-state index in [-0.39, 0.29) is 5.57 Å². The van der Waals surface area contributed by atoms with Gasteiger partial charge in [0.15, 0.2) is 0 Å². The van der Waals surface area contributed by atoms with Crippen LogP contribution in [0.5, 0.6) is 0 Å². The van der Waals surface area contributed by atoms with E-state index in [1.165, 1.54) is 6.20 Å². The van der Waals surface area contributed by atoms with Crippen molar-refractivity contribution in [1.82, 2.24) is 5.32 Å². The van der Waals surface area contributed by atoms with E-state index >= 15 is 0 Å². The topological polar surface area (TPSA) is 64.9 Å². The molecule has 116 valence electrons. The zero-order chi connectivity index (χ0) is 16.7. The van der Waals surface area contributed by atoms with Gasteiger partial charge in [-0.1, -0.05) is 41.4 Å². The molecule has 2 rings (SSSR count). The number of carbonyl (C=O) groups is 1. The molecule has 23 heavy (non-hydrogen) atoms. The average Bonchev–Trinajstić information content (AvgIpc) is 2.55. The van der Waals surface area contributed by atoms with Gasteiger partial charge >= 0.3 is 0 Å². The molecule has 0 radical (unpaired) electrons. The van der Waals surface area contributed by atoms with Crippen LogP contribution in [0.15, 0.2) is 60.3 Å². The fourth-order valence-electron chi connectivity index (χ4n) is 1.76. The quantitative estimate of drug-likeness (QED) is 0.632. The lowest BCUT2D eigenvalue weighted by atomic mass is 10.2. The monoisotopic (exact) mass is 345 g/mol. The van der Waals surface area contributed by atoms with Crippen LogP contribution in [0.2, 0.25) is 10.0 Å². The molecule has 2 aromatic rings. The van der Waals surface area contributed by atoms with Gasteiger partial charge in [0.05, 0.1) is 0 Å². The number of anilines is 1. The predicted molar refractivity (Wildman–Crippen MR) is 92.1 cm³/mol. The van der Waals surface area contributed by atoms with E-state index in [4.69, 9.17) is 28.5 Å². The first-order chi connectivity index (χ1) is 11.1. The molecular weight excluding hydrogens is 333 g/mol. The van der Waals surface area contributed by atoms with Crippen molar-refractivity contribution in [3.63, 3.8) is 0 Å². The normalized spacial score (nSPS) is 10.7. The minimum absolute atomic E-state index is 0.0288. The highest BCUT2D eigenvalue weighted by molar-refractivity contribution is 6.31. The third kappa shape index (κ3) is 5.33. The summed E-state index contributed by atoms with van der Waals surface area (Å²) < 4.78 is 0. The van der Waals surface area contributed by atoms with Crippen molar-refractivity contribution < 1.29 is 4.79 Å². The number of amides is 1. The fourth-order valence-corrected chi connectivity index (χ4v) is 2.08. The molecule has 0 saturated carbocycles. The predicted octanol–water partition coefficient (Wildman–Crippen LogP) is 4.13. The number of halogens is 2. The van der Waals surface area contributed by atoms with Gasteiger partial charge in [-0.2, -0.15) is 5.26 Å². The van der Waals surface area contributed by atoms with E-state index < -0.39 is 5.91 Å². The van der Waals surface area contributed by atoms with Gasteiger partial charge in [0.2, 0.25) is 0 Å². The van der Waals surface area contributed by atoms with Crippen molar-refractivity contribution in [1.29, 1.82) is 5.26 Å². The van der Waals surface area contributed by atoms with Crippen molar-refractivity contribution in [2.24, 2.45) is 0 Å². The molecule has 2 aromatic carbocycles. The Morgan fingerprint density at radius 2 is 1.87 bits per heavy atom. The van der Waals surface area contributed by atoms with Crippen LogP contribution in [0, 0.1) is 11.3 Å². The molecule has 0 saturated heterocycles. The van der Waals surface area contributed by atoms with Gasteiger partial charge < -0.3 is 10.6 Å². The van der Waals surface area contributed by atoms with E-state index in [0.29, 0.717) is 22.3 Å². The molecule has 0 spiro atoms. The molecule has 0 unspecified atom stereocenters. The van der Waals surface area contributed by atoms with E-state index in [2.05, 4.69) is 10.6 Å². The van der Waals surface area contributed by atoms with Gasteiger partial charge in [0, 0.05) is 28.5 Å². The number of nitrogens with one attached hydrogen (secondary N) is 2. The lowest BCUT2D eigenvalue weighted by molar-refractivity contribution is -0.117. The summed E-state index contributed by atoms with van der Waals surface area (Å²) in [4.78, 5) is 12.0. The molecular formula is C17H13Cl2N3O. The van der Waals surface area contributed by atoms with Crippen molar-refractivity contribution in [2.75, 3.05) is 5.32 Å². The second-order valence-corrected chi connectivity index (χ2v) is 5.51. The Hall–Kier alpha value is -2.48. The Bertz CT molecular complexity index is 764. The Balaban J connectivity index is 1.96. The molecule has 0 aliphatic rings. The SMILES string of the molecule is N#C/C(=C/Nc1cccc(Cl)c1)C(=O)NCc1ccc(Cl)cc1. The lowest BCUT2D eigenvalue weighted by Gasteiger charge is -2.06. The molecule has 4 nitrogen and oxygen atoms in total. The molecule has 1 amide bonds. The van der Waals surface area contributed by atoms with Crippen molar-refractivity contribution in [3.8, 4) is 6.07 Å². The fraction of sp³-hybridized carbons (Fsp3) is 0.0588. The Morgan fingerprint density at radius 3 is 2.52 bits per heavy atom. The van der Waals surface area contributed by atoms with Gasteiger partial charge in [0.25, 0.3) is 5.91 Å². The van der Waals surface area contributed by atoms with Gasteiger partial charge in [-0.15, -0.1) is 0 Å². The number of rotatable bonds is 5. The van der Waals surface area contributed by atoms with Gasteiger partial charge in [-0.25, -0.2) is 0 Å². The molecule has 0 atom stereocenters. The molecule has 2 N–H and O–H groups in total. The summed E-state index contributed by atoms with van der Waals surface area (Å²) in [6.07, 6.45) is 1.35. The van der Waals surface area contributed by atoms with Crippen LogP contribution in [0.25, 0.3) is 0 Å². The first-order valence-electron chi connectivity index (χ1n) is 6.73. The van der Waals surface area contributed by atoms with Crippen LogP contribution in [0.1, 0.15) is 5.56 Å². The molecule has 0 aliphatic carbocycles. The highest BCUT2D eigenvalue weighted by atomic mass is 35.5. The number of hydrogen-bond donors (Lipinski definition) is 2. The highest BCUT2D eigenvalue weighted by Crippen LogP contribution is 2.15. The first kappa shape index (κ1) is 16.9. The minimum atomic E-state index is -0.461. The maximum atomic E-state index is 12.0. The third-order valence-electron chi connectivity index (χ3n) is 2.94. The summed E-state index contributed by atoms with van der Waals surface area (Å²) >= 11 is 11.7. The maximum Gasteiger partial charge on any atom is 0.263 e. The third-order valence-corrected chi connectivity index (χ3v) is 3.43. The zero-order valence-electron chi connectivity index (χ0n) is 12.0. The number of nitrogens with zero attached hydrogens (tertiary/aromatic N) is 1. The average molecular weight is 346 g/mol. The summed E-state index contributed by atoms with van der Waals surface area (Å²) in [6, 6.07) is 15.9. The molecule has 0 aromatic heterocycles. The summed E-state index contributed by atoms with van der Waals surface area (Å²) in [5.74, 6) is -0.461. The number of hydrogen-bond acceptors (Lipinski definition) is 3. The summed E-state index contributed by atoms with van der Waals surface area (Å²) in [5.41, 5.74) is 1.55. The smallest absolute Gasteiger partial charge is 0.263 e. The van der Waals surface area contributed by atoms with Crippen LogP contribution in [0.4, 0.5) is 5.69 Å². The van der Waals surface area contributed by atoms with Crippen LogP contribution >= 0.6 is 23.2 Å². The molecule has 0 heterocycles. The Labute approximate surface area is 144 Å². The number of benzene rings is 2. The summed E-state index contributed by atoms with van der Waals surface area (Å²) in [6.45, 7) is 0.312. The zero-order valence-corrected chi connectivity index (χ0v) is 13.5. The second-order valence-electron chi connectivity index (χ2n) is 4.63. The van der Waals surface area contributed by atoms with Crippen LogP contribution in [-0.4, -0.2) is 5.91 Å². The standard InChI is InChI=1S/C17H13Cl2N3O/c18-14-6-4-12(5-7-14)10-22-17(23)13(9-20)11-21-16-3-1-2-15(19)8-16/h1-8,11,21H,10H2,(H,22,23)/b13-11-. The summed E-state index contributed by atoms with van der Waals surface area (Å²) in [5, 5.41) is 15.8. The van der Waals surface area contributed by atoms with E-state index in [0.717, 1.165) is 5.56 Å². The van der Waals surface area contributed by atoms with Crippen LogP contribution < -0.4 is 10.6 Å². The minimum Gasteiger partial charge on any atom is -0.360 e. The maximum absolute atomic E-state index is 12.0. The Kier molecular flexibility index (Phi) is 6.04. The van der Waals surface area contributed by atoms with E-state index in [1.54, 1.807) is 36.4 Å². The number of carbonyl (C=O) groups excluding carboxylic acids is 1. The van der Waals surface area contributed by atoms with E-state index in [1.807, 2.05) is 18.2 Å². The molecule has 0 bridgehead atoms. The van der Waals surface area contributed by atoms with Crippen molar-refractivity contribution in [2.45, 2.75) is 6.54 Å². The molecule has 0 aliphatic heterocycles. The lowest BCUT2D eigenvalue weighted by Crippen LogP contribution is -2.24. The van der Waals surface area contributed by atoms with Gasteiger partial charge in [-0.3, -0.25) is 4.79 Å². The van der Waals surface area contributed by atoms with Gasteiger partial charge in [-0.05, 0) is 35.9 Å². The van der Waals surface area contributed by atoms with Gasteiger partial charge in [0.1, 0.15) is 11.6 Å². The van der Waals surface area contributed by atoms with Crippen molar-refractivity contribution >= 4 is 34.8 Å². The van der Waals surface area contributed by atoms with Crippen LogP contribution in [-0.2, 0) is 11.3 Å². The molecule has 6 heteroatoms. The van der Waals surface area contributed by atoms with E-state index in [9.17, 15) is 4.79 Å².